The summed E-state index contributed by atoms with van der Waals surface area (Å²) in [6.45, 7) is 6.94. The van der Waals surface area contributed by atoms with Gasteiger partial charge < -0.3 is 9.73 Å². The van der Waals surface area contributed by atoms with Crippen molar-refractivity contribution < 1.29 is 18.0 Å². The Bertz CT molecular complexity index is 1570. The van der Waals surface area contributed by atoms with Crippen molar-refractivity contribution in [2.75, 3.05) is 6.54 Å². The van der Waals surface area contributed by atoms with E-state index in [1.54, 1.807) is 18.5 Å². The van der Waals surface area contributed by atoms with Gasteiger partial charge in [-0.2, -0.15) is 5.10 Å². The van der Waals surface area contributed by atoms with Gasteiger partial charge >= 0.3 is 0 Å². The topological polar surface area (TPSA) is 107 Å². The number of carbonyl (C=O) groups excluding carboxylic acids is 1. The quantitative estimate of drug-likeness (QED) is 0.353. The van der Waals surface area contributed by atoms with Crippen molar-refractivity contribution in [2.45, 2.75) is 57.8 Å². The molecular formula is C29H28F2N6O2. The zero-order chi connectivity index (χ0) is 27.4. The molecule has 0 spiro atoms. The van der Waals surface area contributed by atoms with Crippen molar-refractivity contribution in [3.8, 4) is 22.8 Å². The summed E-state index contributed by atoms with van der Waals surface area (Å²) in [5.74, 6) is -1.08. The monoisotopic (exact) mass is 530 g/mol. The second kappa shape index (κ2) is 9.29. The van der Waals surface area contributed by atoms with Crippen LogP contribution in [-0.4, -0.2) is 37.6 Å². The van der Waals surface area contributed by atoms with Gasteiger partial charge in [-0.05, 0) is 54.4 Å². The SMILES string of the molecule is CCCNC(=O)Cc1coc(-c2cncc([C@@]34CC[C@@H](c5cc(-c6c(F)cccc6F)nnc53)C4(C)C)n2)n1. The number of nitrogens with zero attached hydrogens (tertiary/aromatic N) is 5. The Morgan fingerprint density at radius 3 is 2.69 bits per heavy atom. The Kier molecular flexibility index (Phi) is 6.00. The van der Waals surface area contributed by atoms with Gasteiger partial charge in [0.15, 0.2) is 0 Å². The number of carbonyl (C=O) groups is 1. The number of benzene rings is 1. The fourth-order valence-corrected chi connectivity index (χ4v) is 6.43. The molecule has 1 N–H and O–H groups in total. The summed E-state index contributed by atoms with van der Waals surface area (Å²) in [4.78, 5) is 26.0. The molecule has 0 unspecified atom stereocenters. The van der Waals surface area contributed by atoms with Gasteiger partial charge in [-0.1, -0.05) is 26.8 Å². The molecule has 2 atom stereocenters. The number of hydrogen-bond donors (Lipinski definition) is 1. The van der Waals surface area contributed by atoms with Gasteiger partial charge in [-0.15, -0.1) is 5.10 Å². The minimum absolute atomic E-state index is 0.108. The molecule has 1 aromatic carbocycles. The highest BCUT2D eigenvalue weighted by molar-refractivity contribution is 5.78. The normalized spacial score (nSPS) is 20.7. The van der Waals surface area contributed by atoms with Crippen LogP contribution >= 0.6 is 0 Å². The first kappa shape index (κ1) is 25.2. The van der Waals surface area contributed by atoms with Crippen LogP contribution in [0.25, 0.3) is 22.8 Å². The summed E-state index contributed by atoms with van der Waals surface area (Å²) in [6, 6.07) is 5.55. The lowest BCUT2D eigenvalue weighted by molar-refractivity contribution is -0.120. The van der Waals surface area contributed by atoms with Crippen LogP contribution in [-0.2, 0) is 16.6 Å². The number of fused-ring (bicyclic) bond motifs is 5. The van der Waals surface area contributed by atoms with Crippen LogP contribution in [0.3, 0.4) is 0 Å². The zero-order valence-electron chi connectivity index (χ0n) is 22.0. The zero-order valence-corrected chi connectivity index (χ0v) is 22.0. The summed E-state index contributed by atoms with van der Waals surface area (Å²) in [5, 5.41) is 11.7. The van der Waals surface area contributed by atoms with Crippen molar-refractivity contribution in [3.05, 3.63) is 77.2 Å². The molecule has 0 saturated heterocycles. The van der Waals surface area contributed by atoms with E-state index in [1.165, 1.54) is 24.5 Å². The average molecular weight is 531 g/mol. The first-order valence-electron chi connectivity index (χ1n) is 13.1. The molecule has 0 radical (unpaired) electrons. The average Bonchev–Trinajstić information content (AvgIpc) is 3.55. The molecule has 200 valence electrons. The van der Waals surface area contributed by atoms with Crippen molar-refractivity contribution in [3.63, 3.8) is 0 Å². The number of hydrogen-bond acceptors (Lipinski definition) is 7. The van der Waals surface area contributed by atoms with Gasteiger partial charge in [0.25, 0.3) is 0 Å². The van der Waals surface area contributed by atoms with E-state index in [-0.39, 0.29) is 40.8 Å². The van der Waals surface area contributed by atoms with E-state index in [2.05, 4.69) is 39.3 Å². The Balaban J connectivity index is 1.38. The van der Waals surface area contributed by atoms with Gasteiger partial charge in [0.1, 0.15) is 23.6 Å². The van der Waals surface area contributed by atoms with Crippen LogP contribution in [0.2, 0.25) is 0 Å². The third-order valence-corrected chi connectivity index (χ3v) is 8.36. The van der Waals surface area contributed by atoms with Crippen molar-refractivity contribution in [1.29, 1.82) is 0 Å². The van der Waals surface area contributed by atoms with Crippen LogP contribution in [0.15, 0.2) is 47.3 Å². The Morgan fingerprint density at radius 1 is 1.13 bits per heavy atom. The van der Waals surface area contributed by atoms with Crippen LogP contribution in [0, 0.1) is 17.0 Å². The maximum atomic E-state index is 14.5. The van der Waals surface area contributed by atoms with E-state index in [1.807, 2.05) is 6.92 Å². The van der Waals surface area contributed by atoms with Crippen LogP contribution in [0.4, 0.5) is 8.78 Å². The fraction of sp³-hybridized carbons (Fsp3) is 0.379. The molecule has 8 nitrogen and oxygen atoms in total. The largest absolute Gasteiger partial charge is 0.443 e. The minimum atomic E-state index is -0.673. The van der Waals surface area contributed by atoms with Gasteiger partial charge in [-0.25, -0.2) is 18.7 Å². The predicted molar refractivity (Wildman–Crippen MR) is 138 cm³/mol. The first-order chi connectivity index (χ1) is 18.8. The standard InChI is InChI=1S/C29H28F2N6O2/c1-4-10-33-24(38)11-16-15-39-27(34-16)22-13-32-14-23(35-22)29-9-8-18(28(29,2)3)17-12-21(36-37-26(17)29)25-19(30)6-5-7-20(25)31/h5-7,12-15,18H,4,8-11H2,1-3H3,(H,33,38)/t18-,29-/m0/s1. The first-order valence-corrected chi connectivity index (χ1v) is 13.1. The maximum Gasteiger partial charge on any atom is 0.246 e. The highest BCUT2D eigenvalue weighted by Crippen LogP contribution is 2.69. The van der Waals surface area contributed by atoms with E-state index >= 15 is 0 Å². The molecule has 1 fully saturated rings. The molecule has 1 saturated carbocycles. The van der Waals surface area contributed by atoms with Gasteiger partial charge in [-0.3, -0.25) is 9.78 Å². The highest BCUT2D eigenvalue weighted by Gasteiger charge is 2.65. The number of halogens is 2. The molecule has 39 heavy (non-hydrogen) atoms. The molecular weight excluding hydrogens is 502 g/mol. The van der Waals surface area contributed by atoms with Crippen molar-refractivity contribution in [1.82, 2.24) is 30.5 Å². The van der Waals surface area contributed by atoms with Gasteiger partial charge in [0, 0.05) is 12.7 Å². The second-order valence-electron chi connectivity index (χ2n) is 10.8. The lowest BCUT2D eigenvalue weighted by Gasteiger charge is -2.37. The predicted octanol–water partition coefficient (Wildman–Crippen LogP) is 5.14. The minimum Gasteiger partial charge on any atom is -0.443 e. The highest BCUT2D eigenvalue weighted by atomic mass is 19.1. The third-order valence-electron chi connectivity index (χ3n) is 8.36. The van der Waals surface area contributed by atoms with Gasteiger partial charge in [0.05, 0.1) is 46.4 Å². The van der Waals surface area contributed by atoms with E-state index in [4.69, 9.17) is 9.40 Å². The second-order valence-corrected chi connectivity index (χ2v) is 10.8. The third kappa shape index (κ3) is 3.84. The summed E-state index contributed by atoms with van der Waals surface area (Å²) in [5.41, 5.74) is 2.48. The summed E-state index contributed by atoms with van der Waals surface area (Å²) in [6.07, 6.45) is 7.39. The summed E-state index contributed by atoms with van der Waals surface area (Å²) < 4.78 is 34.7. The van der Waals surface area contributed by atoms with Crippen LogP contribution in [0.1, 0.15) is 68.6 Å². The van der Waals surface area contributed by atoms with Crippen LogP contribution < -0.4 is 5.32 Å². The van der Waals surface area contributed by atoms with E-state index in [0.717, 1.165) is 30.5 Å². The van der Waals surface area contributed by atoms with E-state index < -0.39 is 17.0 Å². The number of nitrogens with one attached hydrogen (secondary N) is 1. The van der Waals surface area contributed by atoms with Gasteiger partial charge in [0.2, 0.25) is 11.8 Å². The molecule has 2 aliphatic carbocycles. The molecule has 6 rings (SSSR count). The molecule has 10 heteroatoms. The maximum absolute atomic E-state index is 14.5. The van der Waals surface area contributed by atoms with E-state index in [0.29, 0.717) is 23.6 Å². The number of amides is 1. The molecule has 3 heterocycles. The number of aromatic nitrogens is 5. The molecule has 4 aromatic rings. The smallest absolute Gasteiger partial charge is 0.246 e. The molecule has 0 aliphatic heterocycles. The molecule has 1 amide bonds. The lowest BCUT2D eigenvalue weighted by atomic mass is 9.66. The Hall–Kier alpha value is -4.08. The van der Waals surface area contributed by atoms with Crippen molar-refractivity contribution >= 4 is 5.91 Å². The fourth-order valence-electron chi connectivity index (χ4n) is 6.43. The molecule has 2 aliphatic rings. The number of oxazole rings is 1. The Morgan fingerprint density at radius 2 is 1.92 bits per heavy atom. The van der Waals surface area contributed by atoms with E-state index in [9.17, 15) is 13.6 Å². The number of rotatable bonds is 7. The summed E-state index contributed by atoms with van der Waals surface area (Å²) in [7, 11) is 0. The molecule has 3 aromatic heterocycles. The Labute approximate surface area is 224 Å². The van der Waals surface area contributed by atoms with Crippen LogP contribution in [0.5, 0.6) is 0 Å². The lowest BCUT2D eigenvalue weighted by Crippen LogP contribution is -2.38. The summed E-state index contributed by atoms with van der Waals surface area (Å²) >= 11 is 0. The molecule has 2 bridgehead atoms. The van der Waals surface area contributed by atoms with Crippen molar-refractivity contribution in [2.24, 2.45) is 5.41 Å².